The number of pyridine rings is 1. The van der Waals surface area contributed by atoms with Crippen LogP contribution in [0.1, 0.15) is 32.0 Å². The second kappa shape index (κ2) is 6.54. The number of hydrogen-bond donors (Lipinski definition) is 1. The minimum Gasteiger partial charge on any atom is -0.314 e. The zero-order valence-corrected chi connectivity index (χ0v) is 13.0. The molecule has 2 heterocycles. The summed E-state index contributed by atoms with van der Waals surface area (Å²) in [5.41, 5.74) is 2.34. The average Bonchev–Trinajstić information content (AvgIpc) is 2.53. The molecule has 0 spiro atoms. The summed E-state index contributed by atoms with van der Waals surface area (Å²) in [6.45, 7) is 9.01. The Morgan fingerprint density at radius 3 is 2.62 bits per heavy atom. The number of fused-ring (bicyclic) bond motifs is 1. The van der Waals surface area contributed by atoms with Gasteiger partial charge in [-0.25, -0.2) is 0 Å². The molecule has 1 aromatic heterocycles. The van der Waals surface area contributed by atoms with Crippen LogP contribution in [0.15, 0.2) is 36.4 Å². The molecule has 0 amide bonds. The number of nitrogens with zero attached hydrogens (tertiary/aromatic N) is 2. The van der Waals surface area contributed by atoms with Crippen LogP contribution in [0.5, 0.6) is 0 Å². The smallest absolute Gasteiger partial charge is 0.0706 e. The van der Waals surface area contributed by atoms with Crippen molar-refractivity contribution in [1.29, 1.82) is 0 Å². The van der Waals surface area contributed by atoms with E-state index in [0.29, 0.717) is 12.0 Å². The number of hydrogen-bond acceptors (Lipinski definition) is 3. The van der Waals surface area contributed by atoms with Crippen molar-refractivity contribution in [3.63, 3.8) is 0 Å². The maximum atomic E-state index is 4.94. The second-order valence-electron chi connectivity index (χ2n) is 6.36. The Morgan fingerprint density at radius 2 is 1.86 bits per heavy atom. The molecule has 1 fully saturated rings. The van der Waals surface area contributed by atoms with Gasteiger partial charge in [0, 0.05) is 31.6 Å². The van der Waals surface area contributed by atoms with Crippen molar-refractivity contribution in [2.45, 2.75) is 26.3 Å². The van der Waals surface area contributed by atoms with Crippen LogP contribution in [0, 0.1) is 5.92 Å². The molecule has 112 valence electrons. The summed E-state index contributed by atoms with van der Waals surface area (Å²) in [6, 6.07) is 13.3. The van der Waals surface area contributed by atoms with E-state index in [4.69, 9.17) is 4.98 Å². The third-order valence-corrected chi connectivity index (χ3v) is 4.25. The van der Waals surface area contributed by atoms with Crippen LogP contribution in [0.4, 0.5) is 0 Å². The van der Waals surface area contributed by atoms with E-state index in [1.165, 1.54) is 17.5 Å². The first kappa shape index (κ1) is 14.5. The van der Waals surface area contributed by atoms with Gasteiger partial charge in [0.25, 0.3) is 0 Å². The molecule has 0 unspecified atom stereocenters. The van der Waals surface area contributed by atoms with E-state index in [1.54, 1.807) is 0 Å². The van der Waals surface area contributed by atoms with Crippen LogP contribution in [-0.4, -0.2) is 36.1 Å². The number of rotatable bonds is 4. The summed E-state index contributed by atoms with van der Waals surface area (Å²) in [5, 5.41) is 4.67. The molecule has 0 aliphatic carbocycles. The SMILES string of the molecule is CC(C)C[C@@H](c1ccc2ccccc2n1)N1CCNCC1. The molecule has 1 atom stereocenters. The van der Waals surface area contributed by atoms with Gasteiger partial charge in [-0.15, -0.1) is 0 Å². The number of piperazine rings is 1. The van der Waals surface area contributed by atoms with Gasteiger partial charge in [-0.3, -0.25) is 9.88 Å². The fourth-order valence-corrected chi connectivity index (χ4v) is 3.16. The number of nitrogens with one attached hydrogen (secondary N) is 1. The van der Waals surface area contributed by atoms with Gasteiger partial charge in [0.2, 0.25) is 0 Å². The lowest BCUT2D eigenvalue weighted by atomic mass is 9.98. The Kier molecular flexibility index (Phi) is 4.51. The van der Waals surface area contributed by atoms with E-state index >= 15 is 0 Å². The van der Waals surface area contributed by atoms with Crippen LogP contribution >= 0.6 is 0 Å². The molecule has 21 heavy (non-hydrogen) atoms. The third kappa shape index (κ3) is 3.42. The highest BCUT2D eigenvalue weighted by molar-refractivity contribution is 5.78. The Bertz CT molecular complexity index is 588. The van der Waals surface area contributed by atoms with Gasteiger partial charge in [-0.1, -0.05) is 38.1 Å². The lowest BCUT2D eigenvalue weighted by Crippen LogP contribution is -2.45. The van der Waals surface area contributed by atoms with Crippen molar-refractivity contribution in [1.82, 2.24) is 15.2 Å². The third-order valence-electron chi connectivity index (χ3n) is 4.25. The maximum absolute atomic E-state index is 4.94. The fourth-order valence-electron chi connectivity index (χ4n) is 3.16. The molecule has 3 nitrogen and oxygen atoms in total. The van der Waals surface area contributed by atoms with Crippen LogP contribution in [-0.2, 0) is 0 Å². The van der Waals surface area contributed by atoms with Crippen molar-refractivity contribution in [3.05, 3.63) is 42.1 Å². The highest BCUT2D eigenvalue weighted by atomic mass is 15.2. The van der Waals surface area contributed by atoms with Gasteiger partial charge in [0.15, 0.2) is 0 Å². The zero-order valence-electron chi connectivity index (χ0n) is 13.0. The molecule has 1 saturated heterocycles. The molecule has 0 radical (unpaired) electrons. The molecule has 1 aliphatic rings. The second-order valence-corrected chi connectivity index (χ2v) is 6.36. The van der Waals surface area contributed by atoms with Gasteiger partial charge in [-0.05, 0) is 24.5 Å². The minimum atomic E-state index is 0.441. The lowest BCUT2D eigenvalue weighted by molar-refractivity contribution is 0.151. The summed E-state index contributed by atoms with van der Waals surface area (Å²) in [7, 11) is 0. The number of aromatic nitrogens is 1. The van der Waals surface area contributed by atoms with Gasteiger partial charge in [0.05, 0.1) is 17.3 Å². The molecule has 1 aromatic carbocycles. The first-order valence-electron chi connectivity index (χ1n) is 8.04. The molecule has 0 saturated carbocycles. The van der Waals surface area contributed by atoms with Crippen LogP contribution < -0.4 is 5.32 Å². The molecule has 1 aliphatic heterocycles. The van der Waals surface area contributed by atoms with Crippen LogP contribution in [0.3, 0.4) is 0 Å². The highest BCUT2D eigenvalue weighted by Crippen LogP contribution is 2.28. The van der Waals surface area contributed by atoms with E-state index in [-0.39, 0.29) is 0 Å². The van der Waals surface area contributed by atoms with E-state index in [1.807, 2.05) is 0 Å². The topological polar surface area (TPSA) is 28.2 Å². The zero-order chi connectivity index (χ0) is 14.7. The first-order chi connectivity index (χ1) is 10.2. The Balaban J connectivity index is 1.92. The first-order valence-corrected chi connectivity index (χ1v) is 8.04. The molecule has 0 bridgehead atoms. The van der Waals surface area contributed by atoms with E-state index < -0.39 is 0 Å². The number of para-hydroxylation sites is 1. The number of benzene rings is 1. The molecule has 3 heteroatoms. The van der Waals surface area contributed by atoms with Gasteiger partial charge >= 0.3 is 0 Å². The summed E-state index contributed by atoms with van der Waals surface area (Å²) in [6.07, 6.45) is 1.17. The summed E-state index contributed by atoms with van der Waals surface area (Å²) in [4.78, 5) is 7.53. The summed E-state index contributed by atoms with van der Waals surface area (Å²) in [5.74, 6) is 0.679. The predicted molar refractivity (Wildman–Crippen MR) is 88.4 cm³/mol. The Hall–Kier alpha value is -1.45. The van der Waals surface area contributed by atoms with E-state index in [9.17, 15) is 0 Å². The lowest BCUT2D eigenvalue weighted by Gasteiger charge is -2.35. The molecule has 3 rings (SSSR count). The van der Waals surface area contributed by atoms with Crippen molar-refractivity contribution < 1.29 is 0 Å². The van der Waals surface area contributed by atoms with Crippen molar-refractivity contribution >= 4 is 10.9 Å². The Morgan fingerprint density at radius 1 is 1.10 bits per heavy atom. The van der Waals surface area contributed by atoms with Gasteiger partial charge < -0.3 is 5.32 Å². The van der Waals surface area contributed by atoms with Crippen LogP contribution in [0.2, 0.25) is 0 Å². The standard InChI is InChI=1S/C18H25N3/c1-14(2)13-18(21-11-9-19-10-12-21)17-8-7-15-5-3-4-6-16(15)20-17/h3-8,14,18-19H,9-13H2,1-2H3/t18-/m0/s1. The molecular formula is C18H25N3. The molecular weight excluding hydrogens is 258 g/mol. The fraction of sp³-hybridized carbons (Fsp3) is 0.500. The van der Waals surface area contributed by atoms with Crippen molar-refractivity contribution in [3.8, 4) is 0 Å². The molecule has 2 aromatic rings. The quantitative estimate of drug-likeness (QED) is 0.934. The Labute approximate surface area is 127 Å². The monoisotopic (exact) mass is 283 g/mol. The van der Waals surface area contributed by atoms with Crippen LogP contribution in [0.25, 0.3) is 10.9 Å². The van der Waals surface area contributed by atoms with Gasteiger partial charge in [0.1, 0.15) is 0 Å². The van der Waals surface area contributed by atoms with Crippen molar-refractivity contribution in [2.24, 2.45) is 5.92 Å². The highest BCUT2D eigenvalue weighted by Gasteiger charge is 2.24. The van der Waals surface area contributed by atoms with Crippen molar-refractivity contribution in [2.75, 3.05) is 26.2 Å². The average molecular weight is 283 g/mol. The minimum absolute atomic E-state index is 0.441. The van der Waals surface area contributed by atoms with Gasteiger partial charge in [-0.2, -0.15) is 0 Å². The molecule has 1 N–H and O–H groups in total. The van der Waals surface area contributed by atoms with E-state index in [0.717, 1.165) is 31.7 Å². The normalized spacial score (nSPS) is 18.2. The van der Waals surface area contributed by atoms with E-state index in [2.05, 4.69) is 60.5 Å². The summed E-state index contributed by atoms with van der Waals surface area (Å²) < 4.78 is 0. The maximum Gasteiger partial charge on any atom is 0.0706 e. The predicted octanol–water partition coefficient (Wildman–Crippen LogP) is 3.23. The largest absolute Gasteiger partial charge is 0.314 e. The summed E-state index contributed by atoms with van der Waals surface area (Å²) >= 11 is 0.